The van der Waals surface area contributed by atoms with Gasteiger partial charge in [-0.05, 0) is 31.0 Å². The molecular formula is C13H15N3. The van der Waals surface area contributed by atoms with E-state index < -0.39 is 0 Å². The second-order valence-electron chi connectivity index (χ2n) is 3.77. The van der Waals surface area contributed by atoms with E-state index in [0.717, 1.165) is 18.8 Å². The van der Waals surface area contributed by atoms with Gasteiger partial charge in [0.15, 0.2) is 0 Å². The first kappa shape index (κ1) is 10.6. The molecule has 3 heteroatoms. The van der Waals surface area contributed by atoms with E-state index in [-0.39, 0.29) is 0 Å². The van der Waals surface area contributed by atoms with E-state index in [0.29, 0.717) is 0 Å². The van der Waals surface area contributed by atoms with Gasteiger partial charge in [0.2, 0.25) is 0 Å². The van der Waals surface area contributed by atoms with Gasteiger partial charge in [-0.25, -0.2) is 0 Å². The Bertz CT molecular complexity index is 440. The topological polar surface area (TPSA) is 37.8 Å². The number of anilines is 1. The molecule has 2 aromatic rings. The Kier molecular flexibility index (Phi) is 3.49. The molecule has 0 fully saturated rings. The van der Waals surface area contributed by atoms with Crippen LogP contribution in [-0.2, 0) is 6.42 Å². The number of hydrogen-bond donors (Lipinski definition) is 1. The molecule has 3 nitrogen and oxygen atoms in total. The third-order valence-corrected chi connectivity index (χ3v) is 2.37. The molecule has 2 rings (SSSR count). The summed E-state index contributed by atoms with van der Waals surface area (Å²) in [5.41, 5.74) is 2.65. The minimum atomic E-state index is 0.829. The van der Waals surface area contributed by atoms with Gasteiger partial charge in [0.05, 0.1) is 0 Å². The lowest BCUT2D eigenvalue weighted by Gasteiger charge is -2.05. The van der Waals surface area contributed by atoms with Crippen LogP contribution in [0.25, 0.3) is 0 Å². The fourth-order valence-corrected chi connectivity index (χ4v) is 1.60. The van der Waals surface area contributed by atoms with Gasteiger partial charge in [0.25, 0.3) is 0 Å². The Morgan fingerprint density at radius 2 is 2.12 bits per heavy atom. The quantitative estimate of drug-likeness (QED) is 0.847. The Hall–Kier alpha value is -1.90. The second-order valence-corrected chi connectivity index (χ2v) is 3.77. The van der Waals surface area contributed by atoms with Crippen LogP contribution in [-0.4, -0.2) is 16.7 Å². The molecule has 0 radical (unpaired) electrons. The van der Waals surface area contributed by atoms with Gasteiger partial charge >= 0.3 is 0 Å². The molecule has 0 bridgehead atoms. The summed E-state index contributed by atoms with van der Waals surface area (Å²) in [6, 6.07) is 12.3. The van der Waals surface area contributed by atoms with Crippen LogP contribution in [0.2, 0.25) is 0 Å². The maximum Gasteiger partial charge on any atom is 0.148 e. The highest BCUT2D eigenvalue weighted by atomic mass is 15.2. The van der Waals surface area contributed by atoms with Crippen LogP contribution in [0.4, 0.5) is 5.82 Å². The number of benzene rings is 1. The van der Waals surface area contributed by atoms with E-state index in [1.54, 1.807) is 6.20 Å². The molecule has 1 aromatic heterocycles. The van der Waals surface area contributed by atoms with E-state index in [1.807, 2.05) is 12.1 Å². The highest BCUT2D eigenvalue weighted by molar-refractivity contribution is 5.32. The third kappa shape index (κ3) is 3.05. The molecule has 1 aromatic carbocycles. The van der Waals surface area contributed by atoms with Gasteiger partial charge < -0.3 is 5.32 Å². The number of aryl methyl sites for hydroxylation is 1. The molecule has 82 valence electrons. The summed E-state index contributed by atoms with van der Waals surface area (Å²) >= 11 is 0. The summed E-state index contributed by atoms with van der Waals surface area (Å²) in [4.78, 5) is 0. The van der Waals surface area contributed by atoms with Gasteiger partial charge in [0, 0.05) is 12.7 Å². The fourth-order valence-electron chi connectivity index (χ4n) is 1.60. The number of aromatic nitrogens is 2. The maximum atomic E-state index is 3.97. The average Bonchev–Trinajstić information content (AvgIpc) is 2.30. The number of nitrogens with zero attached hydrogens (tertiary/aromatic N) is 2. The van der Waals surface area contributed by atoms with Crippen molar-refractivity contribution in [3.63, 3.8) is 0 Å². The number of rotatable bonds is 4. The van der Waals surface area contributed by atoms with Crippen LogP contribution >= 0.6 is 0 Å². The Morgan fingerprint density at radius 1 is 1.19 bits per heavy atom. The number of hydrogen-bond acceptors (Lipinski definition) is 3. The smallest absolute Gasteiger partial charge is 0.148 e. The van der Waals surface area contributed by atoms with Crippen molar-refractivity contribution in [2.24, 2.45) is 0 Å². The predicted molar refractivity (Wildman–Crippen MR) is 65.4 cm³/mol. The third-order valence-electron chi connectivity index (χ3n) is 2.37. The van der Waals surface area contributed by atoms with E-state index >= 15 is 0 Å². The van der Waals surface area contributed by atoms with E-state index in [2.05, 4.69) is 46.7 Å². The van der Waals surface area contributed by atoms with Crippen LogP contribution in [0.3, 0.4) is 0 Å². The van der Waals surface area contributed by atoms with Crippen LogP contribution < -0.4 is 5.32 Å². The summed E-state index contributed by atoms with van der Waals surface area (Å²) in [5, 5.41) is 11.0. The monoisotopic (exact) mass is 213 g/mol. The molecule has 0 saturated carbocycles. The van der Waals surface area contributed by atoms with Crippen molar-refractivity contribution in [2.75, 3.05) is 11.9 Å². The molecule has 16 heavy (non-hydrogen) atoms. The first-order valence-electron chi connectivity index (χ1n) is 5.42. The number of nitrogens with one attached hydrogen (secondary N) is 1. The highest BCUT2D eigenvalue weighted by Gasteiger charge is 1.95. The van der Waals surface area contributed by atoms with Crippen molar-refractivity contribution in [1.82, 2.24) is 10.2 Å². The van der Waals surface area contributed by atoms with E-state index in [1.165, 1.54) is 11.1 Å². The lowest BCUT2D eigenvalue weighted by molar-refractivity contribution is 0.966. The molecule has 1 N–H and O–H groups in total. The van der Waals surface area contributed by atoms with Crippen molar-refractivity contribution in [2.45, 2.75) is 13.3 Å². The SMILES string of the molecule is Cc1cccc(CCNc2cccnn2)c1. The summed E-state index contributed by atoms with van der Waals surface area (Å²) < 4.78 is 0. The van der Waals surface area contributed by atoms with Crippen molar-refractivity contribution in [3.05, 3.63) is 53.7 Å². The van der Waals surface area contributed by atoms with Crippen molar-refractivity contribution in [3.8, 4) is 0 Å². The minimum Gasteiger partial charge on any atom is -0.368 e. The second kappa shape index (κ2) is 5.26. The standard InChI is InChI=1S/C13H15N3/c1-11-4-2-5-12(10-11)7-9-14-13-6-3-8-15-16-13/h2-6,8,10H,7,9H2,1H3,(H,14,16). The van der Waals surface area contributed by atoms with Gasteiger partial charge in [-0.1, -0.05) is 29.8 Å². The zero-order valence-corrected chi connectivity index (χ0v) is 9.35. The molecule has 0 spiro atoms. The van der Waals surface area contributed by atoms with Crippen molar-refractivity contribution in [1.29, 1.82) is 0 Å². The van der Waals surface area contributed by atoms with Gasteiger partial charge in [-0.2, -0.15) is 5.10 Å². The average molecular weight is 213 g/mol. The zero-order chi connectivity index (χ0) is 11.2. The zero-order valence-electron chi connectivity index (χ0n) is 9.35. The molecule has 0 amide bonds. The van der Waals surface area contributed by atoms with Crippen molar-refractivity contribution >= 4 is 5.82 Å². The molecule has 0 aliphatic heterocycles. The molecule has 0 unspecified atom stereocenters. The normalized spacial score (nSPS) is 10.1. The molecular weight excluding hydrogens is 198 g/mol. The lowest BCUT2D eigenvalue weighted by Crippen LogP contribution is -2.06. The molecule has 0 atom stereocenters. The summed E-state index contributed by atoms with van der Waals surface area (Å²) in [5.74, 6) is 0.829. The van der Waals surface area contributed by atoms with E-state index in [4.69, 9.17) is 0 Å². The van der Waals surface area contributed by atoms with Crippen LogP contribution in [0.1, 0.15) is 11.1 Å². The molecule has 0 saturated heterocycles. The lowest BCUT2D eigenvalue weighted by atomic mass is 10.1. The highest BCUT2D eigenvalue weighted by Crippen LogP contribution is 2.05. The summed E-state index contributed by atoms with van der Waals surface area (Å²) in [7, 11) is 0. The van der Waals surface area contributed by atoms with Gasteiger partial charge in [-0.3, -0.25) is 0 Å². The maximum absolute atomic E-state index is 3.97. The van der Waals surface area contributed by atoms with E-state index in [9.17, 15) is 0 Å². The Balaban J connectivity index is 1.85. The minimum absolute atomic E-state index is 0.829. The first-order chi connectivity index (χ1) is 7.84. The van der Waals surface area contributed by atoms with Crippen LogP contribution in [0.15, 0.2) is 42.6 Å². The predicted octanol–water partition coefficient (Wildman–Crippen LogP) is 2.44. The fraction of sp³-hybridized carbons (Fsp3) is 0.231. The van der Waals surface area contributed by atoms with Gasteiger partial charge in [0.1, 0.15) is 5.82 Å². The van der Waals surface area contributed by atoms with Crippen LogP contribution in [0, 0.1) is 6.92 Å². The van der Waals surface area contributed by atoms with Gasteiger partial charge in [-0.15, -0.1) is 5.10 Å². The van der Waals surface area contributed by atoms with Crippen LogP contribution in [0.5, 0.6) is 0 Å². The Labute approximate surface area is 95.5 Å². The molecule has 0 aliphatic carbocycles. The summed E-state index contributed by atoms with van der Waals surface area (Å²) in [6.07, 6.45) is 2.67. The first-order valence-corrected chi connectivity index (χ1v) is 5.42. The molecule has 0 aliphatic rings. The summed E-state index contributed by atoms with van der Waals surface area (Å²) in [6.45, 7) is 2.99. The Morgan fingerprint density at radius 3 is 2.88 bits per heavy atom. The van der Waals surface area contributed by atoms with Crippen molar-refractivity contribution < 1.29 is 0 Å². The largest absolute Gasteiger partial charge is 0.368 e. The molecule has 1 heterocycles.